The van der Waals surface area contributed by atoms with Crippen LogP contribution in [0.2, 0.25) is 0 Å². The Morgan fingerprint density at radius 1 is 1.29 bits per heavy atom. The van der Waals surface area contributed by atoms with Gasteiger partial charge in [-0.1, -0.05) is 30.3 Å². The molecule has 0 aliphatic rings. The summed E-state index contributed by atoms with van der Waals surface area (Å²) in [5.41, 5.74) is 6.35. The van der Waals surface area contributed by atoms with Crippen molar-refractivity contribution in [3.05, 3.63) is 33.9 Å². The van der Waals surface area contributed by atoms with E-state index in [-0.39, 0.29) is 12.4 Å². The zero-order valence-electron chi connectivity index (χ0n) is 8.93. The third-order valence-electron chi connectivity index (χ3n) is 2.00. The molecule has 0 atom stereocenters. The van der Waals surface area contributed by atoms with Gasteiger partial charge in [0.2, 0.25) is 0 Å². The third-order valence-corrected chi connectivity index (χ3v) is 2.95. The molecule has 0 saturated carbocycles. The molecule has 0 saturated heterocycles. The Morgan fingerprint density at radius 3 is 2.65 bits per heavy atom. The number of nitrogens with zero attached hydrogens (tertiary/aromatic N) is 1. The zero-order valence-corrected chi connectivity index (χ0v) is 11.9. The van der Waals surface area contributed by atoms with Crippen molar-refractivity contribution in [1.29, 1.82) is 0 Å². The monoisotopic (exact) mass is 366 g/mol. The Labute approximate surface area is 119 Å². The molecular weight excluding hydrogens is 354 g/mol. The van der Waals surface area contributed by atoms with Crippen molar-refractivity contribution in [1.82, 2.24) is 5.16 Å². The van der Waals surface area contributed by atoms with Crippen LogP contribution in [0.4, 0.5) is 0 Å². The molecule has 1 aromatic heterocycles. The van der Waals surface area contributed by atoms with Crippen LogP contribution >= 0.6 is 35.0 Å². The lowest BCUT2D eigenvalue weighted by molar-refractivity contribution is 0.287. The Balaban J connectivity index is 0.00000144. The average Bonchev–Trinajstić information content (AvgIpc) is 2.69. The van der Waals surface area contributed by atoms with Crippen LogP contribution in [0.3, 0.4) is 0 Å². The second-order valence-corrected chi connectivity index (χ2v) is 4.21. The van der Waals surface area contributed by atoms with Gasteiger partial charge in [-0.05, 0) is 27.7 Å². The molecule has 1 heterocycles. The lowest BCUT2D eigenvalue weighted by Gasteiger charge is -1.99. The molecule has 4 nitrogen and oxygen atoms in total. The number of aromatic nitrogens is 1. The highest BCUT2D eigenvalue weighted by Crippen LogP contribution is 2.31. The van der Waals surface area contributed by atoms with Gasteiger partial charge in [-0.3, -0.25) is 0 Å². The van der Waals surface area contributed by atoms with Crippen molar-refractivity contribution in [2.75, 3.05) is 13.2 Å². The maximum atomic E-state index is 5.36. The summed E-state index contributed by atoms with van der Waals surface area (Å²) in [6.07, 6.45) is 0. The van der Waals surface area contributed by atoms with Crippen LogP contribution in [0.5, 0.6) is 5.88 Å². The molecule has 92 valence electrons. The highest BCUT2D eigenvalue weighted by atomic mass is 127. The number of halogens is 2. The van der Waals surface area contributed by atoms with Gasteiger partial charge >= 0.3 is 0 Å². The maximum Gasteiger partial charge on any atom is 0.268 e. The van der Waals surface area contributed by atoms with Gasteiger partial charge in [0, 0.05) is 12.1 Å². The molecule has 0 aliphatic heterocycles. The fourth-order valence-electron chi connectivity index (χ4n) is 1.28. The topological polar surface area (TPSA) is 61.3 Å². The average molecular weight is 367 g/mol. The highest BCUT2D eigenvalue weighted by molar-refractivity contribution is 14.1. The molecule has 2 N–H and O–H groups in total. The van der Waals surface area contributed by atoms with Gasteiger partial charge < -0.3 is 15.0 Å². The molecular formula is C11H12ClIN2O2. The van der Waals surface area contributed by atoms with Crippen molar-refractivity contribution in [3.63, 3.8) is 0 Å². The molecule has 0 spiro atoms. The molecule has 1 aromatic carbocycles. The van der Waals surface area contributed by atoms with Gasteiger partial charge in [0.25, 0.3) is 5.88 Å². The second kappa shape index (κ2) is 6.83. The predicted octanol–water partition coefficient (Wildman–Crippen LogP) is 2.71. The number of benzene rings is 1. The first kappa shape index (κ1) is 14.3. The minimum absolute atomic E-state index is 0. The van der Waals surface area contributed by atoms with Crippen molar-refractivity contribution in [2.45, 2.75) is 0 Å². The summed E-state index contributed by atoms with van der Waals surface area (Å²) >= 11 is 2.16. The van der Waals surface area contributed by atoms with Crippen LogP contribution in [0.25, 0.3) is 11.3 Å². The van der Waals surface area contributed by atoms with Crippen molar-refractivity contribution in [3.8, 4) is 17.2 Å². The van der Waals surface area contributed by atoms with Crippen LogP contribution < -0.4 is 10.5 Å². The van der Waals surface area contributed by atoms with E-state index in [1.165, 1.54) is 0 Å². The summed E-state index contributed by atoms with van der Waals surface area (Å²) in [6.45, 7) is 0.903. The van der Waals surface area contributed by atoms with E-state index in [0.717, 1.165) is 14.9 Å². The smallest absolute Gasteiger partial charge is 0.268 e. The molecule has 0 bridgehead atoms. The zero-order chi connectivity index (χ0) is 11.4. The lowest BCUT2D eigenvalue weighted by Crippen LogP contribution is -2.11. The molecule has 0 fully saturated rings. The molecule has 0 radical (unpaired) electrons. The summed E-state index contributed by atoms with van der Waals surface area (Å²) < 4.78 is 11.5. The van der Waals surface area contributed by atoms with Crippen LogP contribution in [0.1, 0.15) is 0 Å². The largest absolute Gasteiger partial charge is 0.473 e. The van der Waals surface area contributed by atoms with Gasteiger partial charge in [-0.2, -0.15) is 0 Å². The Kier molecular flexibility index (Phi) is 5.73. The maximum absolute atomic E-state index is 5.36. The first-order valence-corrected chi connectivity index (χ1v) is 5.94. The standard InChI is InChI=1S/C11H11IN2O2.ClH/c12-9-10(8-4-2-1-3-5-8)16-14-11(9)15-7-6-13;/h1-5H,6-7,13H2;1H. The summed E-state index contributed by atoms with van der Waals surface area (Å²) in [5, 5.41) is 3.87. The van der Waals surface area contributed by atoms with Crippen LogP contribution in [-0.4, -0.2) is 18.3 Å². The van der Waals surface area contributed by atoms with Gasteiger partial charge in [-0.15, -0.1) is 12.4 Å². The fourth-order valence-corrected chi connectivity index (χ4v) is 1.94. The number of hydrogen-bond acceptors (Lipinski definition) is 4. The van der Waals surface area contributed by atoms with E-state index in [2.05, 4.69) is 27.7 Å². The molecule has 2 rings (SSSR count). The van der Waals surface area contributed by atoms with Crippen molar-refractivity contribution in [2.24, 2.45) is 5.73 Å². The van der Waals surface area contributed by atoms with Gasteiger partial charge in [0.05, 0.1) is 0 Å². The first-order chi connectivity index (χ1) is 7.83. The van der Waals surface area contributed by atoms with Crippen LogP contribution in [0.15, 0.2) is 34.9 Å². The number of hydrogen-bond donors (Lipinski definition) is 1. The summed E-state index contributed by atoms with van der Waals surface area (Å²) in [7, 11) is 0. The normalized spacial score (nSPS) is 9.76. The Hall–Kier alpha value is -0.790. The van der Waals surface area contributed by atoms with Crippen molar-refractivity contribution >= 4 is 35.0 Å². The van der Waals surface area contributed by atoms with E-state index in [4.69, 9.17) is 15.0 Å². The minimum Gasteiger partial charge on any atom is -0.473 e. The first-order valence-electron chi connectivity index (χ1n) is 4.86. The Morgan fingerprint density at radius 2 is 2.00 bits per heavy atom. The molecule has 17 heavy (non-hydrogen) atoms. The number of rotatable bonds is 4. The van der Waals surface area contributed by atoms with Crippen LogP contribution in [0, 0.1) is 3.57 Å². The minimum atomic E-state index is 0. The summed E-state index contributed by atoms with van der Waals surface area (Å²) in [4.78, 5) is 0. The molecule has 0 amide bonds. The number of nitrogens with two attached hydrogens (primary N) is 1. The van der Waals surface area contributed by atoms with Crippen molar-refractivity contribution < 1.29 is 9.26 Å². The van der Waals surface area contributed by atoms with Gasteiger partial charge in [0.15, 0.2) is 5.76 Å². The van der Waals surface area contributed by atoms with E-state index in [1.807, 2.05) is 30.3 Å². The lowest BCUT2D eigenvalue weighted by atomic mass is 10.2. The fraction of sp³-hybridized carbons (Fsp3) is 0.182. The second-order valence-electron chi connectivity index (χ2n) is 3.13. The van der Waals surface area contributed by atoms with E-state index >= 15 is 0 Å². The van der Waals surface area contributed by atoms with E-state index < -0.39 is 0 Å². The van der Waals surface area contributed by atoms with Gasteiger partial charge in [-0.25, -0.2) is 0 Å². The Bertz CT molecular complexity index is 462. The van der Waals surface area contributed by atoms with Gasteiger partial charge in [0.1, 0.15) is 10.2 Å². The van der Waals surface area contributed by atoms with Crippen LogP contribution in [-0.2, 0) is 0 Å². The van der Waals surface area contributed by atoms with E-state index in [9.17, 15) is 0 Å². The summed E-state index contributed by atoms with van der Waals surface area (Å²) in [6, 6.07) is 9.80. The third kappa shape index (κ3) is 3.34. The number of ether oxygens (including phenoxy) is 1. The van der Waals surface area contributed by atoms with E-state index in [1.54, 1.807) is 0 Å². The van der Waals surface area contributed by atoms with E-state index in [0.29, 0.717) is 19.0 Å². The quantitative estimate of drug-likeness (QED) is 0.845. The molecule has 6 heteroatoms. The highest BCUT2D eigenvalue weighted by Gasteiger charge is 2.15. The SMILES string of the molecule is Cl.NCCOc1noc(-c2ccccc2)c1I. The molecule has 0 aliphatic carbocycles. The molecule has 0 unspecified atom stereocenters. The predicted molar refractivity (Wildman–Crippen MR) is 76.5 cm³/mol. The molecule has 2 aromatic rings. The summed E-state index contributed by atoms with van der Waals surface area (Å²) in [5.74, 6) is 1.23.